The number of nitrogens with one attached hydrogen (secondary N) is 2. The topological polar surface area (TPSA) is 119 Å². The molecule has 0 bridgehead atoms. The smallest absolute Gasteiger partial charge is 0.407 e. The summed E-state index contributed by atoms with van der Waals surface area (Å²) in [5.74, 6) is 0.217. The van der Waals surface area contributed by atoms with Crippen LogP contribution in [-0.4, -0.2) is 31.6 Å². The van der Waals surface area contributed by atoms with E-state index in [0.717, 1.165) is 27.7 Å². The number of benzene rings is 1. The number of aromatic nitrogens is 4. The first-order valence-electron chi connectivity index (χ1n) is 13.4. The number of alkyl carbamates (subject to hydrolysis) is 1. The highest BCUT2D eigenvalue weighted by Crippen LogP contribution is 2.31. The number of carbonyl (C=O) groups excluding carboxylic acids is 1. The van der Waals surface area contributed by atoms with E-state index in [9.17, 15) is 4.79 Å². The fourth-order valence-electron chi connectivity index (χ4n) is 3.98. The second-order valence-corrected chi connectivity index (χ2v) is 10.9. The molecule has 1 fully saturated rings. The quantitative estimate of drug-likeness (QED) is 0.241. The van der Waals surface area contributed by atoms with Gasteiger partial charge in [-0.15, -0.1) is 0 Å². The molecule has 4 aromatic rings. The van der Waals surface area contributed by atoms with Crippen LogP contribution in [0.5, 0.6) is 0 Å². The Hall–Kier alpha value is -3.65. The average molecular weight is 551 g/mol. The number of anilines is 1. The van der Waals surface area contributed by atoms with Gasteiger partial charge in [-0.2, -0.15) is 0 Å². The summed E-state index contributed by atoms with van der Waals surface area (Å²) in [5, 5.41) is 4.20. The Labute approximate surface area is 235 Å². The van der Waals surface area contributed by atoms with Gasteiger partial charge in [0.2, 0.25) is 5.95 Å². The molecule has 39 heavy (non-hydrogen) atoms. The van der Waals surface area contributed by atoms with Gasteiger partial charge in [0, 0.05) is 28.9 Å². The van der Waals surface area contributed by atoms with Crippen LogP contribution >= 0.6 is 11.6 Å². The molecule has 0 aliphatic heterocycles. The normalized spacial score (nSPS) is 12.9. The fourth-order valence-corrected chi connectivity index (χ4v) is 4.17. The van der Waals surface area contributed by atoms with E-state index in [1.165, 1.54) is 44.7 Å². The lowest BCUT2D eigenvalue weighted by atomic mass is 10.0. The number of carbonyl (C=O) groups is 1. The van der Waals surface area contributed by atoms with Crippen molar-refractivity contribution in [3.63, 3.8) is 0 Å². The average Bonchev–Trinajstić information content (AvgIpc) is 3.35. The van der Waals surface area contributed by atoms with E-state index in [4.69, 9.17) is 22.1 Å². The third kappa shape index (κ3) is 10.2. The molecule has 0 saturated heterocycles. The van der Waals surface area contributed by atoms with E-state index in [1.807, 2.05) is 70.3 Å². The van der Waals surface area contributed by atoms with Crippen LogP contribution in [0.15, 0.2) is 55.0 Å². The minimum Gasteiger partial charge on any atom is -0.444 e. The van der Waals surface area contributed by atoms with Crippen molar-refractivity contribution in [1.82, 2.24) is 25.3 Å². The first-order chi connectivity index (χ1) is 18.6. The van der Waals surface area contributed by atoms with E-state index < -0.39 is 11.7 Å². The number of fused-ring (bicyclic) bond motifs is 1. The van der Waals surface area contributed by atoms with Crippen LogP contribution in [0, 0.1) is 6.92 Å². The molecular weight excluding hydrogens is 512 g/mol. The molecule has 8 nitrogen and oxygen atoms in total. The summed E-state index contributed by atoms with van der Waals surface area (Å²) in [4.78, 5) is 26.7. The molecule has 9 heteroatoms. The van der Waals surface area contributed by atoms with Gasteiger partial charge in [0.25, 0.3) is 0 Å². The zero-order chi connectivity index (χ0) is 28.3. The van der Waals surface area contributed by atoms with Gasteiger partial charge in [0.05, 0.1) is 29.2 Å². The molecule has 5 rings (SSSR count). The number of H-pyrrole nitrogens is 1. The van der Waals surface area contributed by atoms with Crippen LogP contribution in [-0.2, 0) is 11.3 Å². The molecule has 1 saturated carbocycles. The number of aromatic amines is 1. The Kier molecular flexibility index (Phi) is 11.1. The Morgan fingerprint density at radius 1 is 1.03 bits per heavy atom. The molecule has 0 atom stereocenters. The number of para-hydroxylation sites is 1. The van der Waals surface area contributed by atoms with Crippen LogP contribution in [0.2, 0.25) is 5.02 Å². The van der Waals surface area contributed by atoms with E-state index >= 15 is 0 Å². The fraction of sp³-hybridized carbons (Fsp3) is 0.400. The number of aryl methyl sites for hydroxylation is 1. The maximum Gasteiger partial charge on any atom is 0.407 e. The number of ether oxygens (including phenoxy) is 1. The van der Waals surface area contributed by atoms with E-state index in [-0.39, 0.29) is 5.95 Å². The van der Waals surface area contributed by atoms with Crippen LogP contribution in [0.1, 0.15) is 70.6 Å². The van der Waals surface area contributed by atoms with Gasteiger partial charge in [-0.05, 0) is 45.4 Å². The van der Waals surface area contributed by atoms with E-state index in [1.54, 1.807) is 6.20 Å². The summed E-state index contributed by atoms with van der Waals surface area (Å²) in [6, 6.07) is 11.8. The van der Waals surface area contributed by atoms with Crippen molar-refractivity contribution in [3.05, 3.63) is 71.3 Å². The lowest BCUT2D eigenvalue weighted by molar-refractivity contribution is 0.0523. The van der Waals surface area contributed by atoms with Crippen molar-refractivity contribution in [2.45, 2.75) is 78.4 Å². The number of hydrogen-bond acceptors (Lipinski definition) is 6. The van der Waals surface area contributed by atoms with Crippen molar-refractivity contribution < 1.29 is 9.53 Å². The molecule has 0 unspecified atom stereocenters. The number of nitrogens with zero attached hydrogens (tertiary/aromatic N) is 3. The van der Waals surface area contributed by atoms with Crippen LogP contribution in [0.4, 0.5) is 10.7 Å². The number of halogens is 1. The molecule has 1 aromatic carbocycles. The molecule has 4 N–H and O–H groups in total. The summed E-state index contributed by atoms with van der Waals surface area (Å²) in [6.07, 6.45) is 13.7. The van der Waals surface area contributed by atoms with Crippen molar-refractivity contribution >= 4 is 34.5 Å². The molecule has 0 radical (unpaired) electrons. The lowest BCUT2D eigenvalue weighted by Crippen LogP contribution is -2.32. The Bertz CT molecular complexity index is 1320. The number of nitrogen functional groups attached to an aromatic ring is 1. The zero-order valence-corrected chi connectivity index (χ0v) is 24.0. The van der Waals surface area contributed by atoms with Gasteiger partial charge in [0.15, 0.2) is 0 Å². The van der Waals surface area contributed by atoms with Crippen LogP contribution in [0.3, 0.4) is 0 Å². The molecule has 208 valence electrons. The summed E-state index contributed by atoms with van der Waals surface area (Å²) >= 11 is 6.09. The third-order valence-corrected chi connectivity index (χ3v) is 6.17. The van der Waals surface area contributed by atoms with Gasteiger partial charge in [-0.25, -0.2) is 14.8 Å². The first kappa shape index (κ1) is 29.9. The molecule has 3 heterocycles. The molecule has 3 aromatic heterocycles. The van der Waals surface area contributed by atoms with Crippen LogP contribution in [0.25, 0.3) is 22.2 Å². The molecule has 0 spiro atoms. The highest BCUT2D eigenvalue weighted by Gasteiger charge is 2.15. The number of amides is 1. The monoisotopic (exact) mass is 550 g/mol. The zero-order valence-electron chi connectivity index (χ0n) is 23.3. The predicted octanol–water partition coefficient (Wildman–Crippen LogP) is 7.62. The minimum absolute atomic E-state index is 0.217. The minimum atomic E-state index is -0.467. The SMILES string of the molecule is C1CCCCC1.Cc1ccc(CNC(=O)OC(C)(C)C)nc1.Nc1ncc(Cl)c(-c2c[nH]c3ccccc23)n1. The van der Waals surface area contributed by atoms with E-state index in [0.29, 0.717) is 17.3 Å². The number of pyridine rings is 1. The Morgan fingerprint density at radius 3 is 2.31 bits per heavy atom. The summed E-state index contributed by atoms with van der Waals surface area (Å²) in [6.45, 7) is 7.84. The predicted molar refractivity (Wildman–Crippen MR) is 158 cm³/mol. The summed E-state index contributed by atoms with van der Waals surface area (Å²) in [5.41, 5.74) is 9.65. The van der Waals surface area contributed by atoms with Gasteiger partial charge < -0.3 is 20.8 Å². The second kappa shape index (κ2) is 14.5. The lowest BCUT2D eigenvalue weighted by Gasteiger charge is -2.19. The second-order valence-electron chi connectivity index (χ2n) is 10.5. The van der Waals surface area contributed by atoms with Crippen molar-refractivity contribution in [2.24, 2.45) is 0 Å². The largest absolute Gasteiger partial charge is 0.444 e. The molecule has 1 aliphatic rings. The number of nitrogens with two attached hydrogens (primary N) is 1. The van der Waals surface area contributed by atoms with Gasteiger partial charge >= 0.3 is 6.09 Å². The number of rotatable bonds is 3. The molecule has 1 amide bonds. The standard InChI is InChI=1S/C12H9ClN4.C12H18N2O2.C6H12/c13-9-6-16-12(14)17-11(9)8-5-15-10-4-2-1-3-7(8)10;1-9-5-6-10(13-7-9)8-14-11(15)16-12(2,3)4;1-2-4-6-5-3-1/h1-6,15H,(H2,14,16,17);5-7H,8H2,1-4H3,(H,14,15);1-6H2. The van der Waals surface area contributed by atoms with Crippen LogP contribution < -0.4 is 11.1 Å². The Morgan fingerprint density at radius 2 is 1.69 bits per heavy atom. The first-order valence-corrected chi connectivity index (χ1v) is 13.7. The Balaban J connectivity index is 0.000000178. The van der Waals surface area contributed by atoms with Gasteiger partial charge in [-0.3, -0.25) is 4.98 Å². The maximum atomic E-state index is 11.3. The summed E-state index contributed by atoms with van der Waals surface area (Å²) < 4.78 is 5.11. The van der Waals surface area contributed by atoms with Crippen molar-refractivity contribution in [1.29, 1.82) is 0 Å². The highest BCUT2D eigenvalue weighted by molar-refractivity contribution is 6.33. The third-order valence-electron chi connectivity index (χ3n) is 5.89. The van der Waals surface area contributed by atoms with Gasteiger partial charge in [0.1, 0.15) is 5.60 Å². The highest BCUT2D eigenvalue weighted by atomic mass is 35.5. The van der Waals surface area contributed by atoms with Crippen molar-refractivity contribution in [2.75, 3.05) is 5.73 Å². The maximum absolute atomic E-state index is 11.3. The van der Waals surface area contributed by atoms with Crippen molar-refractivity contribution in [3.8, 4) is 11.3 Å². The van der Waals surface area contributed by atoms with Gasteiger partial charge in [-0.1, -0.05) is 74.4 Å². The molecule has 1 aliphatic carbocycles. The molecular formula is C30H39ClN6O2. The van der Waals surface area contributed by atoms with E-state index in [2.05, 4.69) is 25.3 Å². The number of hydrogen-bond donors (Lipinski definition) is 3. The summed E-state index contributed by atoms with van der Waals surface area (Å²) in [7, 11) is 0.